The van der Waals surface area contributed by atoms with Crippen molar-refractivity contribution in [3.63, 3.8) is 0 Å². The number of rotatable bonds is 5. The van der Waals surface area contributed by atoms with E-state index in [1.54, 1.807) is 30.3 Å². The van der Waals surface area contributed by atoms with Gasteiger partial charge in [0.2, 0.25) is 17.8 Å². The number of carbonyl (C=O) groups is 3. The Morgan fingerprint density at radius 1 is 1.02 bits per heavy atom. The van der Waals surface area contributed by atoms with Crippen molar-refractivity contribution in [3.05, 3.63) is 88.7 Å². The van der Waals surface area contributed by atoms with Gasteiger partial charge in [0.25, 0.3) is 5.91 Å². The maximum atomic E-state index is 13.2. The molecule has 0 spiro atoms. The van der Waals surface area contributed by atoms with Gasteiger partial charge in [-0.15, -0.1) is 0 Å². The number of hydrogen-bond acceptors (Lipinski definition) is 6. The topological polar surface area (TPSA) is 144 Å². The van der Waals surface area contributed by atoms with Crippen LogP contribution >= 0.6 is 0 Å². The number of hydrogen-bond donors (Lipinski definition) is 4. The van der Waals surface area contributed by atoms with E-state index < -0.39 is 29.0 Å². The number of nitrogen functional groups attached to an aromatic ring is 1. The molecule has 1 aliphatic heterocycles. The molecule has 228 valence electrons. The van der Waals surface area contributed by atoms with Crippen molar-refractivity contribution in [3.8, 4) is 23.2 Å². The van der Waals surface area contributed by atoms with Gasteiger partial charge in [0.05, 0.1) is 22.4 Å². The number of amides is 3. The molecule has 1 saturated carbocycles. The van der Waals surface area contributed by atoms with Crippen molar-refractivity contribution in [2.24, 2.45) is 12.5 Å². The fourth-order valence-electron chi connectivity index (χ4n) is 5.18. The number of carbonyl (C=O) groups excluding carboxylic acids is 3. The van der Waals surface area contributed by atoms with Gasteiger partial charge in [-0.2, -0.15) is 13.2 Å². The zero-order valence-electron chi connectivity index (χ0n) is 23.9. The molecule has 1 fully saturated rings. The first-order valence-electron chi connectivity index (χ1n) is 14.0. The van der Waals surface area contributed by atoms with Gasteiger partial charge in [0.1, 0.15) is 11.1 Å². The minimum atomic E-state index is -4.50. The first kappa shape index (κ1) is 29.4. The van der Waals surface area contributed by atoms with Crippen molar-refractivity contribution in [2.45, 2.75) is 25.4 Å². The van der Waals surface area contributed by atoms with Crippen LogP contribution in [-0.4, -0.2) is 38.8 Å². The number of anilines is 3. The molecule has 0 unspecified atom stereocenters. The lowest BCUT2D eigenvalue weighted by atomic mass is 10.0. The van der Waals surface area contributed by atoms with Crippen LogP contribution in [0.25, 0.3) is 11.4 Å². The molecule has 2 aromatic carbocycles. The van der Waals surface area contributed by atoms with Gasteiger partial charge >= 0.3 is 6.18 Å². The molecular weight excluding hydrogens is 587 g/mol. The second-order valence-corrected chi connectivity index (χ2v) is 10.8. The second kappa shape index (κ2) is 11.1. The van der Waals surface area contributed by atoms with E-state index in [0.717, 1.165) is 30.0 Å². The third-order valence-corrected chi connectivity index (χ3v) is 7.85. The van der Waals surface area contributed by atoms with Crippen LogP contribution in [0.2, 0.25) is 0 Å². The van der Waals surface area contributed by atoms with Crippen LogP contribution in [0, 0.1) is 17.3 Å². The molecular formula is C32H26F3N7O3. The Hall–Kier alpha value is -5.64. The summed E-state index contributed by atoms with van der Waals surface area (Å²) in [4.78, 5) is 47.0. The Kier molecular flexibility index (Phi) is 7.28. The fourth-order valence-corrected chi connectivity index (χ4v) is 5.18. The molecule has 6 rings (SSSR count). The van der Waals surface area contributed by atoms with E-state index >= 15 is 0 Å². The van der Waals surface area contributed by atoms with Crippen LogP contribution in [-0.2, 0) is 29.2 Å². The predicted molar refractivity (Wildman–Crippen MR) is 160 cm³/mol. The summed E-state index contributed by atoms with van der Waals surface area (Å²) in [6.45, 7) is 0.541. The highest BCUT2D eigenvalue weighted by Crippen LogP contribution is 2.47. The highest BCUT2D eigenvalue weighted by molar-refractivity contribution is 6.17. The van der Waals surface area contributed by atoms with Crippen molar-refractivity contribution < 1.29 is 27.6 Å². The number of halogens is 3. The average molecular weight is 614 g/mol. The summed E-state index contributed by atoms with van der Waals surface area (Å²) in [5, 5.41) is 8.15. The third-order valence-electron chi connectivity index (χ3n) is 7.85. The minimum absolute atomic E-state index is 0.0558. The normalized spacial score (nSPS) is 14.8. The Balaban J connectivity index is 1.19. The SMILES string of the molecule is Cn1c(-c2nc(N)ncc2C#Cc2cccc(NC(=O)C3(C(=O)Nc4ccc(C(F)(F)F)cc4)CC3)c2)cc2c1CCNC2=O. The van der Waals surface area contributed by atoms with Crippen LogP contribution in [0.5, 0.6) is 0 Å². The molecule has 1 aliphatic carbocycles. The third kappa shape index (κ3) is 5.82. The summed E-state index contributed by atoms with van der Waals surface area (Å²) in [5.41, 5.74) is 7.93. The maximum Gasteiger partial charge on any atom is 0.416 e. The first-order valence-corrected chi connectivity index (χ1v) is 14.0. The Labute approximate surface area is 255 Å². The zero-order chi connectivity index (χ0) is 31.9. The smallest absolute Gasteiger partial charge is 0.368 e. The highest BCUT2D eigenvalue weighted by Gasteiger charge is 2.56. The van der Waals surface area contributed by atoms with E-state index in [-0.39, 0.29) is 17.5 Å². The standard InChI is InChI=1S/C32H26F3N7O3/c1-42-24-11-14-37-27(43)23(24)16-25(42)26-19(17-38-30(36)41-26)6-5-18-3-2-4-22(15-18)40-29(45)31(12-13-31)28(44)39-21-9-7-20(8-10-21)32(33,34)35/h2-4,7-10,15-17H,11-14H2,1H3,(H,37,43)(H,39,44)(H,40,45)(H2,36,38,41). The van der Waals surface area contributed by atoms with E-state index in [4.69, 9.17) is 5.73 Å². The van der Waals surface area contributed by atoms with Crippen LogP contribution in [0.4, 0.5) is 30.5 Å². The summed E-state index contributed by atoms with van der Waals surface area (Å²) in [6, 6.07) is 12.5. The minimum Gasteiger partial charge on any atom is -0.368 e. The van der Waals surface area contributed by atoms with E-state index in [9.17, 15) is 27.6 Å². The van der Waals surface area contributed by atoms with Gasteiger partial charge in [-0.25, -0.2) is 9.97 Å². The van der Waals surface area contributed by atoms with Gasteiger partial charge in [-0.05, 0) is 61.4 Å². The summed E-state index contributed by atoms with van der Waals surface area (Å²) >= 11 is 0. The van der Waals surface area contributed by atoms with Crippen molar-refractivity contribution in [1.82, 2.24) is 19.9 Å². The molecule has 3 amide bonds. The lowest BCUT2D eigenvalue weighted by Crippen LogP contribution is -2.35. The monoisotopic (exact) mass is 613 g/mol. The Morgan fingerprint density at radius 2 is 1.73 bits per heavy atom. The molecule has 13 heteroatoms. The first-order chi connectivity index (χ1) is 21.4. The Bertz CT molecular complexity index is 1920. The molecule has 0 saturated heterocycles. The van der Waals surface area contributed by atoms with Gasteiger partial charge in [0, 0.05) is 48.8 Å². The predicted octanol–water partition coefficient (Wildman–Crippen LogP) is 4.13. The maximum absolute atomic E-state index is 13.2. The molecule has 5 N–H and O–H groups in total. The number of alkyl halides is 3. The number of nitrogens with zero attached hydrogens (tertiary/aromatic N) is 3. The van der Waals surface area contributed by atoms with Crippen molar-refractivity contribution in [2.75, 3.05) is 22.9 Å². The zero-order valence-corrected chi connectivity index (χ0v) is 23.9. The van der Waals surface area contributed by atoms with Crippen molar-refractivity contribution >= 4 is 35.0 Å². The molecule has 0 radical (unpaired) electrons. The molecule has 2 aliphatic rings. The molecule has 45 heavy (non-hydrogen) atoms. The van der Waals surface area contributed by atoms with Crippen molar-refractivity contribution in [1.29, 1.82) is 0 Å². The van der Waals surface area contributed by atoms with E-state index in [1.165, 1.54) is 6.20 Å². The van der Waals surface area contributed by atoms with E-state index in [2.05, 4.69) is 37.8 Å². The van der Waals surface area contributed by atoms with Gasteiger partial charge in [-0.1, -0.05) is 17.9 Å². The van der Waals surface area contributed by atoms with Crippen LogP contribution in [0.15, 0.2) is 60.8 Å². The lowest BCUT2D eigenvalue weighted by Gasteiger charge is -2.16. The number of fused-ring (bicyclic) bond motifs is 1. The van der Waals surface area contributed by atoms with Gasteiger partial charge in [-0.3, -0.25) is 14.4 Å². The lowest BCUT2D eigenvalue weighted by molar-refractivity contribution is -0.137. The van der Waals surface area contributed by atoms with E-state index in [0.29, 0.717) is 59.6 Å². The fraction of sp³-hybridized carbons (Fsp3) is 0.219. The molecule has 4 aromatic rings. The molecule has 0 bridgehead atoms. The highest BCUT2D eigenvalue weighted by atomic mass is 19.4. The molecule has 3 heterocycles. The summed E-state index contributed by atoms with van der Waals surface area (Å²) < 4.78 is 40.5. The second-order valence-electron chi connectivity index (χ2n) is 10.8. The average Bonchev–Trinajstić information content (AvgIpc) is 3.76. The van der Waals surface area contributed by atoms with Crippen LogP contribution < -0.4 is 21.7 Å². The molecule has 0 atom stereocenters. The molecule has 2 aromatic heterocycles. The largest absolute Gasteiger partial charge is 0.416 e. The Morgan fingerprint density at radius 3 is 2.40 bits per heavy atom. The summed E-state index contributed by atoms with van der Waals surface area (Å²) in [6.07, 6.45) is -1.71. The summed E-state index contributed by atoms with van der Waals surface area (Å²) in [5.74, 6) is 4.90. The van der Waals surface area contributed by atoms with Gasteiger partial charge in [0.15, 0.2) is 0 Å². The van der Waals surface area contributed by atoms with E-state index in [1.807, 2.05) is 11.6 Å². The number of nitrogens with one attached hydrogen (secondary N) is 3. The molecule has 10 nitrogen and oxygen atoms in total. The van der Waals surface area contributed by atoms with Crippen LogP contribution in [0.3, 0.4) is 0 Å². The number of nitrogens with two attached hydrogens (primary N) is 1. The van der Waals surface area contributed by atoms with Gasteiger partial charge < -0.3 is 26.3 Å². The summed E-state index contributed by atoms with van der Waals surface area (Å²) in [7, 11) is 1.85. The number of aromatic nitrogens is 3. The van der Waals surface area contributed by atoms with Crippen LogP contribution in [0.1, 0.15) is 45.6 Å². The quantitative estimate of drug-likeness (QED) is 0.197. The number of benzene rings is 2.